The van der Waals surface area contributed by atoms with E-state index in [-0.39, 0.29) is 6.09 Å². The van der Waals surface area contributed by atoms with E-state index in [0.29, 0.717) is 6.54 Å². The number of ether oxygens (including phenoxy) is 1. The Morgan fingerprint density at radius 2 is 1.82 bits per heavy atom. The molecule has 0 aliphatic rings. The molecule has 0 radical (unpaired) electrons. The van der Waals surface area contributed by atoms with Gasteiger partial charge in [-0.05, 0) is 64.3 Å². The summed E-state index contributed by atoms with van der Waals surface area (Å²) in [7, 11) is 1.78. The summed E-state index contributed by atoms with van der Waals surface area (Å²) in [6, 6.07) is 6.37. The molecule has 0 aliphatic carbocycles. The number of carbonyl (C=O) groups is 1. The quantitative estimate of drug-likeness (QED) is 0.816. The van der Waals surface area contributed by atoms with Crippen LogP contribution in [-0.4, -0.2) is 36.7 Å². The fraction of sp³-hybridized carbons (Fsp3) is 0.611. The average molecular weight is 306 g/mol. The molecule has 0 unspecified atom stereocenters. The van der Waals surface area contributed by atoms with Gasteiger partial charge in [0, 0.05) is 20.1 Å². The third-order valence-corrected chi connectivity index (χ3v) is 3.50. The van der Waals surface area contributed by atoms with Crippen LogP contribution in [0, 0.1) is 13.8 Å². The maximum Gasteiger partial charge on any atom is 0.410 e. The van der Waals surface area contributed by atoms with Gasteiger partial charge in [0.25, 0.3) is 0 Å². The third-order valence-electron chi connectivity index (χ3n) is 3.50. The first kappa shape index (κ1) is 18.5. The lowest BCUT2D eigenvalue weighted by Gasteiger charge is -2.24. The molecule has 4 nitrogen and oxygen atoms in total. The molecule has 0 saturated carbocycles. The predicted octanol–water partition coefficient (Wildman–Crippen LogP) is 3.65. The molecule has 0 atom stereocenters. The summed E-state index contributed by atoms with van der Waals surface area (Å²) in [5.74, 6) is 0. The Labute approximate surface area is 134 Å². The molecule has 0 spiro atoms. The largest absolute Gasteiger partial charge is 0.444 e. The standard InChI is InChI=1S/C18H30N2O2/c1-14-9-7-10-15(2)16(14)13-19-11-8-12-20(6)17(21)22-18(3,4)5/h7,9-10,19H,8,11-13H2,1-6H3. The topological polar surface area (TPSA) is 41.6 Å². The zero-order chi connectivity index (χ0) is 16.8. The summed E-state index contributed by atoms with van der Waals surface area (Å²) in [6.07, 6.45) is 0.642. The van der Waals surface area contributed by atoms with Gasteiger partial charge in [-0.25, -0.2) is 4.79 Å². The summed E-state index contributed by atoms with van der Waals surface area (Å²) in [4.78, 5) is 13.4. The minimum absolute atomic E-state index is 0.262. The Hall–Kier alpha value is -1.55. The van der Waals surface area contributed by atoms with Crippen molar-refractivity contribution in [2.45, 2.75) is 53.2 Å². The molecule has 0 bridgehead atoms. The van der Waals surface area contributed by atoms with Crippen LogP contribution in [-0.2, 0) is 11.3 Å². The van der Waals surface area contributed by atoms with E-state index in [1.165, 1.54) is 16.7 Å². The maximum absolute atomic E-state index is 11.8. The van der Waals surface area contributed by atoms with Crippen LogP contribution in [0.15, 0.2) is 18.2 Å². The van der Waals surface area contributed by atoms with Gasteiger partial charge in [0.15, 0.2) is 0 Å². The summed E-state index contributed by atoms with van der Waals surface area (Å²) < 4.78 is 5.32. The molecule has 0 aliphatic heterocycles. The van der Waals surface area contributed by atoms with Crippen LogP contribution in [0.4, 0.5) is 4.79 Å². The normalized spacial score (nSPS) is 11.4. The van der Waals surface area contributed by atoms with Crippen LogP contribution in [0.25, 0.3) is 0 Å². The molecule has 0 fully saturated rings. The highest BCUT2D eigenvalue weighted by Crippen LogP contribution is 2.12. The fourth-order valence-electron chi connectivity index (χ4n) is 2.21. The minimum Gasteiger partial charge on any atom is -0.444 e. The number of hydrogen-bond acceptors (Lipinski definition) is 3. The average Bonchev–Trinajstić information content (AvgIpc) is 2.39. The number of carbonyl (C=O) groups excluding carboxylic acids is 1. The van der Waals surface area contributed by atoms with Crippen molar-refractivity contribution in [2.24, 2.45) is 0 Å². The van der Waals surface area contributed by atoms with E-state index in [9.17, 15) is 4.79 Å². The second-order valence-electron chi connectivity index (χ2n) is 6.80. The van der Waals surface area contributed by atoms with Crippen molar-refractivity contribution < 1.29 is 9.53 Å². The van der Waals surface area contributed by atoms with Crippen LogP contribution in [0.5, 0.6) is 0 Å². The lowest BCUT2D eigenvalue weighted by Crippen LogP contribution is -2.35. The van der Waals surface area contributed by atoms with Crippen molar-refractivity contribution in [1.29, 1.82) is 0 Å². The van der Waals surface area contributed by atoms with Crippen molar-refractivity contribution in [3.05, 3.63) is 34.9 Å². The number of nitrogens with zero attached hydrogens (tertiary/aromatic N) is 1. The lowest BCUT2D eigenvalue weighted by molar-refractivity contribution is 0.0297. The molecule has 0 heterocycles. The zero-order valence-corrected chi connectivity index (χ0v) is 14.8. The number of rotatable bonds is 6. The molecule has 1 rings (SSSR count). The highest BCUT2D eigenvalue weighted by atomic mass is 16.6. The number of nitrogens with one attached hydrogen (secondary N) is 1. The van der Waals surface area contributed by atoms with E-state index in [2.05, 4.69) is 37.4 Å². The first-order chi connectivity index (χ1) is 10.2. The minimum atomic E-state index is -0.439. The van der Waals surface area contributed by atoms with E-state index in [1.54, 1.807) is 11.9 Å². The highest BCUT2D eigenvalue weighted by Gasteiger charge is 2.18. The molecule has 22 heavy (non-hydrogen) atoms. The zero-order valence-electron chi connectivity index (χ0n) is 14.8. The van der Waals surface area contributed by atoms with Crippen LogP contribution in [0.1, 0.15) is 43.9 Å². The van der Waals surface area contributed by atoms with Gasteiger partial charge in [-0.2, -0.15) is 0 Å². The summed E-state index contributed by atoms with van der Waals surface area (Å²) in [5, 5.41) is 3.45. The van der Waals surface area contributed by atoms with Crippen LogP contribution >= 0.6 is 0 Å². The summed E-state index contributed by atoms with van der Waals surface area (Å²) >= 11 is 0. The molecule has 1 N–H and O–H groups in total. The third kappa shape index (κ3) is 6.48. The van der Waals surface area contributed by atoms with Crippen molar-refractivity contribution in [2.75, 3.05) is 20.1 Å². The molecule has 0 saturated heterocycles. The van der Waals surface area contributed by atoms with Crippen LogP contribution in [0.2, 0.25) is 0 Å². The molecular formula is C18H30N2O2. The second kappa shape index (κ2) is 8.18. The predicted molar refractivity (Wildman–Crippen MR) is 91.1 cm³/mol. The Morgan fingerprint density at radius 3 is 2.36 bits per heavy atom. The molecular weight excluding hydrogens is 276 g/mol. The Kier molecular flexibility index (Phi) is 6.88. The van der Waals surface area contributed by atoms with E-state index in [4.69, 9.17) is 4.74 Å². The van der Waals surface area contributed by atoms with E-state index in [0.717, 1.165) is 19.5 Å². The van der Waals surface area contributed by atoms with Gasteiger partial charge in [0.05, 0.1) is 0 Å². The van der Waals surface area contributed by atoms with Gasteiger partial charge in [-0.1, -0.05) is 18.2 Å². The SMILES string of the molecule is Cc1cccc(C)c1CNCCCN(C)C(=O)OC(C)(C)C. The van der Waals surface area contributed by atoms with Crippen molar-refractivity contribution in [3.8, 4) is 0 Å². The highest BCUT2D eigenvalue weighted by molar-refractivity contribution is 5.67. The van der Waals surface area contributed by atoms with Gasteiger partial charge >= 0.3 is 6.09 Å². The molecule has 1 amide bonds. The Bertz CT molecular complexity index is 472. The number of hydrogen-bond donors (Lipinski definition) is 1. The van der Waals surface area contributed by atoms with Gasteiger partial charge in [-0.15, -0.1) is 0 Å². The van der Waals surface area contributed by atoms with Gasteiger partial charge in [0.2, 0.25) is 0 Å². The number of benzene rings is 1. The monoisotopic (exact) mass is 306 g/mol. The van der Waals surface area contributed by atoms with Crippen LogP contribution in [0.3, 0.4) is 0 Å². The first-order valence-corrected chi connectivity index (χ1v) is 7.90. The van der Waals surface area contributed by atoms with Gasteiger partial charge in [0.1, 0.15) is 5.60 Å². The van der Waals surface area contributed by atoms with Crippen LogP contribution < -0.4 is 5.32 Å². The van der Waals surface area contributed by atoms with E-state index < -0.39 is 5.60 Å². The van der Waals surface area contributed by atoms with Gasteiger partial charge < -0.3 is 15.0 Å². The van der Waals surface area contributed by atoms with Crippen molar-refractivity contribution >= 4 is 6.09 Å². The fourth-order valence-corrected chi connectivity index (χ4v) is 2.21. The van der Waals surface area contributed by atoms with E-state index >= 15 is 0 Å². The maximum atomic E-state index is 11.8. The van der Waals surface area contributed by atoms with Crippen molar-refractivity contribution in [3.63, 3.8) is 0 Å². The second-order valence-corrected chi connectivity index (χ2v) is 6.80. The first-order valence-electron chi connectivity index (χ1n) is 7.90. The summed E-state index contributed by atoms with van der Waals surface area (Å²) in [6.45, 7) is 12.4. The van der Waals surface area contributed by atoms with Crippen molar-refractivity contribution in [1.82, 2.24) is 10.2 Å². The lowest BCUT2D eigenvalue weighted by atomic mass is 10.0. The smallest absolute Gasteiger partial charge is 0.410 e. The molecule has 124 valence electrons. The molecule has 0 aromatic heterocycles. The van der Waals surface area contributed by atoms with E-state index in [1.807, 2.05) is 20.8 Å². The Morgan fingerprint density at radius 1 is 1.23 bits per heavy atom. The number of aryl methyl sites for hydroxylation is 2. The molecule has 1 aromatic rings. The molecule has 1 aromatic carbocycles. The molecule has 4 heteroatoms. The summed E-state index contributed by atoms with van der Waals surface area (Å²) in [5.41, 5.74) is 3.56. The Balaban J connectivity index is 2.27. The number of amides is 1. The van der Waals surface area contributed by atoms with Gasteiger partial charge in [-0.3, -0.25) is 0 Å².